The zero-order valence-corrected chi connectivity index (χ0v) is 17.9. The van der Waals surface area contributed by atoms with E-state index in [0.717, 1.165) is 22.6 Å². The number of hydrogen-bond acceptors (Lipinski definition) is 4. The number of rotatable bonds is 4. The van der Waals surface area contributed by atoms with Crippen molar-refractivity contribution in [3.05, 3.63) is 81.8 Å². The zero-order valence-electron chi connectivity index (χ0n) is 17.1. The number of anilines is 1. The van der Waals surface area contributed by atoms with Crippen molar-refractivity contribution >= 4 is 40.3 Å². The van der Waals surface area contributed by atoms with Crippen molar-refractivity contribution in [1.82, 2.24) is 14.5 Å². The molecule has 2 aromatic heterocycles. The van der Waals surface area contributed by atoms with Gasteiger partial charge in [0.05, 0.1) is 16.5 Å². The number of aryl methyl sites for hydroxylation is 3. The van der Waals surface area contributed by atoms with Crippen LogP contribution >= 0.6 is 11.6 Å². The predicted molar refractivity (Wildman–Crippen MR) is 119 cm³/mol. The second-order valence-electron chi connectivity index (χ2n) is 7.25. The summed E-state index contributed by atoms with van der Waals surface area (Å²) in [6, 6.07) is 14.1. The van der Waals surface area contributed by atoms with E-state index in [2.05, 4.69) is 19.9 Å². The van der Waals surface area contributed by atoms with Gasteiger partial charge < -0.3 is 9.67 Å². The van der Waals surface area contributed by atoms with Crippen LogP contribution in [0.4, 0.5) is 5.95 Å². The Labute approximate surface area is 183 Å². The molecule has 0 aliphatic heterocycles. The van der Waals surface area contributed by atoms with Gasteiger partial charge >= 0.3 is 5.97 Å². The van der Waals surface area contributed by atoms with E-state index in [0.29, 0.717) is 11.1 Å². The maximum absolute atomic E-state index is 12.9. The molecular formula is C23H19ClN4O3. The smallest absolute Gasteiger partial charge is 0.336 e. The van der Waals surface area contributed by atoms with Crippen molar-refractivity contribution in [3.63, 3.8) is 0 Å². The standard InChI is InChI=1S/C23H19ClN4O3/c1-12-7-10-15(11-18(12)28-13(2)8-9-14(28)3)21(29)27-23-25-17-6-4-5-16(22(30)31)19(17)20(24)26-23/h4-11H,1-3H3,(H,30,31)(H,25,26,27,29). The van der Waals surface area contributed by atoms with Gasteiger partial charge in [0, 0.05) is 22.6 Å². The van der Waals surface area contributed by atoms with Crippen LogP contribution in [0.5, 0.6) is 0 Å². The summed E-state index contributed by atoms with van der Waals surface area (Å²) in [5.41, 5.74) is 4.85. The van der Waals surface area contributed by atoms with Gasteiger partial charge in [0.25, 0.3) is 5.91 Å². The van der Waals surface area contributed by atoms with Gasteiger partial charge in [-0.05, 0) is 62.7 Å². The molecule has 0 atom stereocenters. The van der Waals surface area contributed by atoms with Crippen molar-refractivity contribution in [1.29, 1.82) is 0 Å². The molecule has 0 aliphatic carbocycles. The monoisotopic (exact) mass is 434 g/mol. The maximum atomic E-state index is 12.9. The van der Waals surface area contributed by atoms with Gasteiger partial charge in [-0.2, -0.15) is 0 Å². The number of carbonyl (C=O) groups is 2. The first-order valence-corrected chi connectivity index (χ1v) is 9.91. The Bertz CT molecular complexity index is 1340. The maximum Gasteiger partial charge on any atom is 0.336 e. The molecule has 0 fully saturated rings. The van der Waals surface area contributed by atoms with E-state index >= 15 is 0 Å². The van der Waals surface area contributed by atoms with Crippen LogP contribution in [0.2, 0.25) is 5.15 Å². The lowest BCUT2D eigenvalue weighted by Crippen LogP contribution is -2.15. The van der Waals surface area contributed by atoms with Crippen LogP contribution in [0.3, 0.4) is 0 Å². The van der Waals surface area contributed by atoms with Gasteiger partial charge in [0.2, 0.25) is 5.95 Å². The highest BCUT2D eigenvalue weighted by molar-refractivity contribution is 6.35. The van der Waals surface area contributed by atoms with Gasteiger partial charge in [-0.3, -0.25) is 10.1 Å². The van der Waals surface area contributed by atoms with E-state index in [4.69, 9.17) is 11.6 Å². The Balaban J connectivity index is 1.70. The third kappa shape index (κ3) is 3.75. The van der Waals surface area contributed by atoms with E-state index < -0.39 is 11.9 Å². The quantitative estimate of drug-likeness (QED) is 0.443. The summed E-state index contributed by atoms with van der Waals surface area (Å²) >= 11 is 6.22. The summed E-state index contributed by atoms with van der Waals surface area (Å²) < 4.78 is 2.09. The number of aromatic carboxylic acids is 1. The molecule has 0 radical (unpaired) electrons. The molecule has 2 heterocycles. The fourth-order valence-electron chi connectivity index (χ4n) is 3.59. The Morgan fingerprint density at radius 1 is 1.00 bits per heavy atom. The number of fused-ring (bicyclic) bond motifs is 1. The highest BCUT2D eigenvalue weighted by Gasteiger charge is 2.17. The molecule has 0 saturated heterocycles. The van der Waals surface area contributed by atoms with Crippen LogP contribution in [-0.2, 0) is 0 Å². The zero-order chi connectivity index (χ0) is 22.3. The lowest BCUT2D eigenvalue weighted by Gasteiger charge is -2.14. The molecule has 4 aromatic rings. The number of halogens is 1. The van der Waals surface area contributed by atoms with Crippen LogP contribution in [0.15, 0.2) is 48.5 Å². The van der Waals surface area contributed by atoms with Crippen molar-refractivity contribution < 1.29 is 14.7 Å². The molecule has 0 saturated carbocycles. The van der Waals surface area contributed by atoms with Crippen LogP contribution in [0.1, 0.15) is 37.7 Å². The molecule has 0 bridgehead atoms. The Morgan fingerprint density at radius 2 is 1.71 bits per heavy atom. The first kappa shape index (κ1) is 20.6. The molecule has 0 unspecified atom stereocenters. The van der Waals surface area contributed by atoms with E-state index in [1.165, 1.54) is 6.07 Å². The number of hydrogen-bond donors (Lipinski definition) is 2. The number of amides is 1. The van der Waals surface area contributed by atoms with Crippen molar-refractivity contribution in [2.75, 3.05) is 5.32 Å². The minimum absolute atomic E-state index is 0.000453. The van der Waals surface area contributed by atoms with Crippen molar-refractivity contribution in [2.45, 2.75) is 20.8 Å². The third-order valence-corrected chi connectivity index (χ3v) is 5.39. The molecule has 8 heteroatoms. The van der Waals surface area contributed by atoms with Crippen molar-refractivity contribution in [2.24, 2.45) is 0 Å². The average Bonchev–Trinajstić information content (AvgIpc) is 3.05. The molecule has 0 aliphatic rings. The Morgan fingerprint density at radius 3 is 2.39 bits per heavy atom. The van der Waals surface area contributed by atoms with Crippen LogP contribution in [-0.4, -0.2) is 31.5 Å². The van der Waals surface area contributed by atoms with Gasteiger partial charge in [0.1, 0.15) is 5.15 Å². The van der Waals surface area contributed by atoms with Gasteiger partial charge in [-0.1, -0.05) is 23.7 Å². The number of carboxylic acid groups (broad SMARTS) is 1. The van der Waals surface area contributed by atoms with E-state index in [-0.39, 0.29) is 22.1 Å². The highest BCUT2D eigenvalue weighted by Crippen LogP contribution is 2.26. The summed E-state index contributed by atoms with van der Waals surface area (Å²) in [7, 11) is 0. The van der Waals surface area contributed by atoms with E-state index in [1.807, 2.05) is 45.0 Å². The molecule has 156 valence electrons. The predicted octanol–water partition coefficient (Wildman–Crippen LogP) is 4.95. The van der Waals surface area contributed by atoms with E-state index in [9.17, 15) is 14.7 Å². The summed E-state index contributed by atoms with van der Waals surface area (Å²) in [5, 5.41) is 12.2. The first-order valence-electron chi connectivity index (χ1n) is 9.53. The van der Waals surface area contributed by atoms with Gasteiger partial charge in [0.15, 0.2) is 0 Å². The fraction of sp³-hybridized carbons (Fsp3) is 0.130. The number of nitrogens with one attached hydrogen (secondary N) is 1. The molecule has 2 aromatic carbocycles. The summed E-state index contributed by atoms with van der Waals surface area (Å²) in [4.78, 5) is 32.7. The summed E-state index contributed by atoms with van der Waals surface area (Å²) in [6.07, 6.45) is 0. The Kier molecular flexibility index (Phi) is 5.20. The molecule has 0 spiro atoms. The summed E-state index contributed by atoms with van der Waals surface area (Å²) in [5.74, 6) is -1.52. The molecule has 31 heavy (non-hydrogen) atoms. The topological polar surface area (TPSA) is 97.1 Å². The first-order chi connectivity index (χ1) is 14.8. The molecule has 2 N–H and O–H groups in total. The number of carboxylic acids is 1. The number of carbonyl (C=O) groups excluding carboxylic acids is 1. The molecule has 4 rings (SSSR count). The SMILES string of the molecule is Cc1ccc(C(=O)Nc2nc(Cl)c3c(C(=O)O)cccc3n2)cc1-n1c(C)ccc1C. The average molecular weight is 435 g/mol. The molecular weight excluding hydrogens is 416 g/mol. The number of aromatic nitrogens is 3. The second kappa shape index (κ2) is 7.85. The minimum Gasteiger partial charge on any atom is -0.478 e. The normalized spacial score (nSPS) is 11.0. The minimum atomic E-state index is -1.13. The number of benzene rings is 2. The highest BCUT2D eigenvalue weighted by atomic mass is 35.5. The Hall–Kier alpha value is -3.71. The fourth-order valence-corrected chi connectivity index (χ4v) is 3.86. The van der Waals surface area contributed by atoms with Crippen LogP contribution < -0.4 is 5.32 Å². The molecule has 7 nitrogen and oxygen atoms in total. The van der Waals surface area contributed by atoms with Crippen LogP contribution in [0, 0.1) is 20.8 Å². The van der Waals surface area contributed by atoms with E-state index in [1.54, 1.807) is 18.2 Å². The largest absolute Gasteiger partial charge is 0.478 e. The van der Waals surface area contributed by atoms with Crippen molar-refractivity contribution in [3.8, 4) is 5.69 Å². The lowest BCUT2D eigenvalue weighted by molar-refractivity contribution is 0.0698. The van der Waals surface area contributed by atoms with Gasteiger partial charge in [-0.25, -0.2) is 14.8 Å². The number of nitrogens with zero attached hydrogens (tertiary/aromatic N) is 3. The lowest BCUT2D eigenvalue weighted by atomic mass is 10.1. The third-order valence-electron chi connectivity index (χ3n) is 5.12. The summed E-state index contributed by atoms with van der Waals surface area (Å²) in [6.45, 7) is 6.01. The van der Waals surface area contributed by atoms with Gasteiger partial charge in [-0.15, -0.1) is 0 Å². The molecule has 1 amide bonds. The second-order valence-corrected chi connectivity index (χ2v) is 7.61. The van der Waals surface area contributed by atoms with Crippen LogP contribution in [0.25, 0.3) is 16.6 Å².